The van der Waals surface area contributed by atoms with Crippen LogP contribution in [0.5, 0.6) is 0 Å². The summed E-state index contributed by atoms with van der Waals surface area (Å²) in [6.07, 6.45) is 0. The topological polar surface area (TPSA) is 148 Å². The Balaban J connectivity index is 0. The van der Waals surface area contributed by atoms with Crippen LogP contribution in [0.25, 0.3) is 0 Å². The van der Waals surface area contributed by atoms with Gasteiger partial charge in [0.2, 0.25) is 0 Å². The molecule has 0 unspecified atom stereocenters. The molecule has 10 heavy (non-hydrogen) atoms. The van der Waals surface area contributed by atoms with Crippen LogP contribution in [-0.2, 0) is 21.2 Å². The molecule has 0 aromatic carbocycles. The van der Waals surface area contributed by atoms with E-state index in [9.17, 15) is 28.8 Å². The van der Waals surface area contributed by atoms with Crippen LogP contribution in [0.15, 0.2) is 0 Å². The Morgan fingerprint density at radius 2 is 0.900 bits per heavy atom. The van der Waals surface area contributed by atoms with Gasteiger partial charge in [-0.25, -0.2) is 0 Å². The zero-order chi connectivity index (χ0) is 7.71. The first kappa shape index (κ1) is 13.3. The Morgan fingerprint density at radius 1 is 0.700 bits per heavy atom. The third-order valence-electron chi connectivity index (χ3n) is 0.250. The van der Waals surface area contributed by atoms with Gasteiger partial charge in [-0.2, -0.15) is 0 Å². The molecule has 0 atom stereocenters. The zero-order valence-electron chi connectivity index (χ0n) is 4.21. The van der Waals surface area contributed by atoms with E-state index < -0.39 is 18.1 Å². The molecule has 58 valence electrons. The summed E-state index contributed by atoms with van der Waals surface area (Å²) >= 11 is 0. The summed E-state index contributed by atoms with van der Waals surface area (Å²) < 4.78 is 2.57. The maximum atomic E-state index is 9.36. The van der Waals surface area contributed by atoms with E-state index in [1.54, 1.807) is 0 Å². The summed E-state index contributed by atoms with van der Waals surface area (Å²) in [4.78, 5) is 56.2. The smallest absolute Gasteiger partial charge is 0.862 e. The van der Waals surface area contributed by atoms with Gasteiger partial charge in [0.05, 0.1) is 0 Å². The molecule has 0 rings (SSSR count). The van der Waals surface area contributed by atoms with Crippen molar-refractivity contribution in [3.05, 3.63) is 0 Å². The van der Waals surface area contributed by atoms with Crippen molar-refractivity contribution in [3.8, 4) is 0 Å². The monoisotopic (exact) mass is 224 g/mol. The van der Waals surface area contributed by atoms with Crippen LogP contribution in [0.2, 0.25) is 0 Å². The fraction of sp³-hybridized carbons (Fsp3) is 0. The molecule has 0 aliphatic rings. The maximum Gasteiger partial charge on any atom is 6.00 e. The van der Waals surface area contributed by atoms with Crippen molar-refractivity contribution in [2.75, 3.05) is 0 Å². The van der Waals surface area contributed by atoms with Crippen molar-refractivity contribution >= 4 is 18.1 Å². The molecule has 0 amide bonds. The largest absolute Gasteiger partial charge is 6.00 e. The Bertz CT molecular complexity index is 76.8. The molecule has 0 spiro atoms. The van der Waals surface area contributed by atoms with Crippen LogP contribution in [0.1, 0.15) is 0 Å². The van der Waals surface area contributed by atoms with Crippen LogP contribution in [0, 0.1) is 0 Å². The van der Waals surface area contributed by atoms with Crippen molar-refractivity contribution in [1.29, 1.82) is 0 Å². The van der Waals surface area contributed by atoms with Crippen molar-refractivity contribution in [2.24, 2.45) is 0 Å². The SMILES string of the molecule is [Fe+6].[O-][Si]([O-])([O-])O[Si]([O-])([O-])[O-]. The van der Waals surface area contributed by atoms with Gasteiger partial charge in [0.15, 0.2) is 0 Å². The number of rotatable bonds is 2. The van der Waals surface area contributed by atoms with E-state index in [0.29, 0.717) is 0 Å². The molecule has 0 heterocycles. The second kappa shape index (κ2) is 3.89. The van der Waals surface area contributed by atoms with Crippen LogP contribution in [0.4, 0.5) is 0 Å². The van der Waals surface area contributed by atoms with Gasteiger partial charge in [0.25, 0.3) is 0 Å². The van der Waals surface area contributed by atoms with Gasteiger partial charge in [0.1, 0.15) is 0 Å². The predicted octanol–water partition coefficient (Wildman–Crippen LogP) is -7.97. The molecule has 0 aromatic heterocycles. The van der Waals surface area contributed by atoms with Crippen LogP contribution in [-0.4, -0.2) is 18.1 Å². The fourth-order valence-electron chi connectivity index (χ4n) is 0.153. The maximum absolute atomic E-state index is 9.36. The third kappa shape index (κ3) is 11.5. The number of hydrogen-bond donors (Lipinski definition) is 0. The average molecular weight is 224 g/mol. The van der Waals surface area contributed by atoms with Crippen molar-refractivity contribution < 1.29 is 50.0 Å². The Kier molecular flexibility index (Phi) is 5.17. The van der Waals surface area contributed by atoms with E-state index in [1.807, 2.05) is 0 Å². The normalized spacial score (nSPS) is 12.6. The van der Waals surface area contributed by atoms with Gasteiger partial charge in [-0.1, -0.05) is 0 Å². The molecule has 0 radical (unpaired) electrons. The Labute approximate surface area is 68.6 Å². The molecule has 0 aromatic rings. The molecule has 0 aliphatic carbocycles. The molecule has 7 nitrogen and oxygen atoms in total. The van der Waals surface area contributed by atoms with Gasteiger partial charge in [-0.15, -0.1) is 18.1 Å². The summed E-state index contributed by atoms with van der Waals surface area (Å²) in [6, 6.07) is 0. The predicted molar refractivity (Wildman–Crippen MR) is 12.6 cm³/mol. The Morgan fingerprint density at radius 3 is 0.900 bits per heavy atom. The Hall–Kier alpha value is 0.673. The minimum Gasteiger partial charge on any atom is -0.862 e. The minimum absolute atomic E-state index is 0. The summed E-state index contributed by atoms with van der Waals surface area (Å²) in [5.74, 6) is 0. The van der Waals surface area contributed by atoms with Gasteiger partial charge < -0.3 is 32.9 Å². The van der Waals surface area contributed by atoms with Gasteiger partial charge in [-0.05, 0) is 0 Å². The van der Waals surface area contributed by atoms with E-state index in [0.717, 1.165) is 0 Å². The molecule has 0 fully saturated rings. The zero-order valence-corrected chi connectivity index (χ0v) is 7.32. The van der Waals surface area contributed by atoms with Crippen LogP contribution >= 0.6 is 0 Å². The van der Waals surface area contributed by atoms with Crippen molar-refractivity contribution in [1.82, 2.24) is 0 Å². The third-order valence-corrected chi connectivity index (χ3v) is 2.25. The second-order valence-corrected chi connectivity index (χ2v) is 3.92. The minimum atomic E-state index is -5.92. The van der Waals surface area contributed by atoms with E-state index in [4.69, 9.17) is 0 Å². The molecular formula is FeO7Si2. The fourth-order valence-corrected chi connectivity index (χ4v) is 1.38. The average Bonchev–Trinajstić information content (AvgIpc) is 1.14. The second-order valence-electron chi connectivity index (χ2n) is 1.10. The van der Waals surface area contributed by atoms with Gasteiger partial charge >= 0.3 is 17.1 Å². The summed E-state index contributed by atoms with van der Waals surface area (Å²) in [5.41, 5.74) is 0. The molecule has 0 saturated heterocycles. The van der Waals surface area contributed by atoms with Gasteiger partial charge in [0, 0.05) is 0 Å². The van der Waals surface area contributed by atoms with Crippen molar-refractivity contribution in [3.63, 3.8) is 0 Å². The summed E-state index contributed by atoms with van der Waals surface area (Å²) in [6.45, 7) is 0. The van der Waals surface area contributed by atoms with Crippen LogP contribution in [0.3, 0.4) is 0 Å². The van der Waals surface area contributed by atoms with E-state index in [1.165, 1.54) is 0 Å². The van der Waals surface area contributed by atoms with E-state index >= 15 is 0 Å². The standard InChI is InChI=1S/Fe.O7Si2/c;1-8(2,3)7-9(4,5)6/q+6;-6. The quantitative estimate of drug-likeness (QED) is 0.422. The van der Waals surface area contributed by atoms with E-state index in [2.05, 4.69) is 4.12 Å². The first-order chi connectivity index (χ1) is 3.71. The first-order valence-electron chi connectivity index (χ1n) is 1.63. The summed E-state index contributed by atoms with van der Waals surface area (Å²) in [5, 5.41) is 0. The number of hydrogen-bond acceptors (Lipinski definition) is 7. The molecule has 0 saturated carbocycles. The van der Waals surface area contributed by atoms with Crippen LogP contribution < -0.4 is 28.8 Å². The summed E-state index contributed by atoms with van der Waals surface area (Å²) in [7, 11) is -11.8. The van der Waals surface area contributed by atoms with Crippen molar-refractivity contribution in [2.45, 2.75) is 0 Å². The van der Waals surface area contributed by atoms with Gasteiger partial charge in [-0.3, -0.25) is 0 Å². The molecule has 10 heteroatoms. The molecule has 0 bridgehead atoms. The van der Waals surface area contributed by atoms with E-state index in [-0.39, 0.29) is 17.1 Å². The molecular weight excluding hydrogens is 224 g/mol. The molecule has 0 aliphatic heterocycles. The molecule has 0 N–H and O–H groups in total. The first-order valence-corrected chi connectivity index (χ1v) is 4.90.